The summed E-state index contributed by atoms with van der Waals surface area (Å²) in [5.41, 5.74) is 0. The number of unbranched alkanes of at least 4 members (excludes halogenated alkanes) is 44. The van der Waals surface area contributed by atoms with Gasteiger partial charge in [-0.3, -0.25) is 37.3 Å². The average molecular weight is 1440 g/mol. The van der Waals surface area contributed by atoms with Crippen molar-refractivity contribution >= 4 is 39.5 Å². The van der Waals surface area contributed by atoms with Gasteiger partial charge in [-0.25, -0.2) is 9.13 Å². The molecule has 0 aromatic carbocycles. The molecule has 0 radical (unpaired) electrons. The Balaban J connectivity index is 5.27. The largest absolute Gasteiger partial charge is 0.472 e. The number of ether oxygens (including phenoxy) is 4. The SMILES string of the molecule is CCCCCCCCCCCCCCCCCC(=O)OC[C@H](COP(=O)(O)OC[C@@H](O)COP(=O)(O)OC[C@@H](COC(=O)CCCCCCCCCCC(C)CC)OC(=O)CCCCCCCCCCCCC(C)C)OC(=O)CCCCCCCCCCCCCCCCCC(C)C. The zero-order valence-corrected chi connectivity index (χ0v) is 66.0. The van der Waals surface area contributed by atoms with Crippen LogP contribution < -0.4 is 0 Å². The van der Waals surface area contributed by atoms with Crippen LogP contribution in [0, 0.1) is 17.8 Å². The second kappa shape index (κ2) is 69.4. The van der Waals surface area contributed by atoms with Gasteiger partial charge in [0.2, 0.25) is 0 Å². The molecular weight excluding hydrogens is 1280 g/mol. The molecule has 582 valence electrons. The molecule has 17 nitrogen and oxygen atoms in total. The normalized spacial score (nSPS) is 14.3. The van der Waals surface area contributed by atoms with Gasteiger partial charge in [-0.05, 0) is 43.4 Å². The van der Waals surface area contributed by atoms with E-state index in [0.29, 0.717) is 25.7 Å². The van der Waals surface area contributed by atoms with Crippen LogP contribution in [-0.2, 0) is 65.4 Å². The van der Waals surface area contributed by atoms with Gasteiger partial charge in [-0.2, -0.15) is 0 Å². The lowest BCUT2D eigenvalue weighted by Crippen LogP contribution is -2.30. The van der Waals surface area contributed by atoms with Crippen molar-refractivity contribution in [3.05, 3.63) is 0 Å². The Kier molecular flexibility index (Phi) is 68.1. The number of rotatable bonds is 77. The number of aliphatic hydroxyl groups excluding tert-OH is 1. The predicted octanol–water partition coefficient (Wildman–Crippen LogP) is 23.4. The third-order valence-electron chi connectivity index (χ3n) is 18.7. The number of carbonyl (C=O) groups is 4. The first-order chi connectivity index (χ1) is 47.3. The minimum Gasteiger partial charge on any atom is -0.462 e. The number of phosphoric ester groups is 2. The first-order valence-corrected chi connectivity index (χ1v) is 43.9. The maximum atomic E-state index is 13.1. The molecule has 0 bridgehead atoms. The number of aliphatic hydroxyl groups is 1. The summed E-state index contributed by atoms with van der Waals surface area (Å²) in [7, 11) is -9.92. The summed E-state index contributed by atoms with van der Waals surface area (Å²) in [5, 5.41) is 10.6. The highest BCUT2D eigenvalue weighted by Crippen LogP contribution is 2.45. The lowest BCUT2D eigenvalue weighted by Gasteiger charge is -2.21. The molecule has 0 aliphatic carbocycles. The van der Waals surface area contributed by atoms with Crippen molar-refractivity contribution in [3.63, 3.8) is 0 Å². The van der Waals surface area contributed by atoms with E-state index in [1.807, 2.05) is 0 Å². The van der Waals surface area contributed by atoms with Crippen LogP contribution in [0.4, 0.5) is 0 Å². The van der Waals surface area contributed by atoms with Gasteiger partial charge in [0.25, 0.3) is 0 Å². The number of hydrogen-bond acceptors (Lipinski definition) is 15. The highest BCUT2D eigenvalue weighted by atomic mass is 31.2. The molecule has 19 heteroatoms. The molecule has 0 spiro atoms. The van der Waals surface area contributed by atoms with Crippen molar-refractivity contribution in [2.45, 2.75) is 426 Å². The Morgan fingerprint density at radius 1 is 0.296 bits per heavy atom. The van der Waals surface area contributed by atoms with Gasteiger partial charge < -0.3 is 33.8 Å². The zero-order valence-electron chi connectivity index (χ0n) is 64.3. The van der Waals surface area contributed by atoms with E-state index in [4.69, 9.17) is 37.0 Å². The van der Waals surface area contributed by atoms with E-state index < -0.39 is 97.5 Å². The van der Waals surface area contributed by atoms with E-state index in [9.17, 15) is 43.2 Å². The summed E-state index contributed by atoms with van der Waals surface area (Å²) in [4.78, 5) is 73.0. The van der Waals surface area contributed by atoms with Crippen LogP contribution in [0.25, 0.3) is 0 Å². The summed E-state index contributed by atoms with van der Waals surface area (Å²) in [5.74, 6) is 0.219. The first kappa shape index (κ1) is 96.1. The monoisotopic (exact) mass is 1440 g/mol. The fraction of sp³-hybridized carbons (Fsp3) is 0.949. The van der Waals surface area contributed by atoms with Crippen molar-refractivity contribution in [1.29, 1.82) is 0 Å². The second-order valence-corrected chi connectivity index (χ2v) is 32.6. The molecule has 0 saturated carbocycles. The molecule has 0 aliphatic rings. The first-order valence-electron chi connectivity index (χ1n) is 40.9. The number of esters is 4. The Morgan fingerprint density at radius 3 is 0.776 bits per heavy atom. The van der Waals surface area contributed by atoms with E-state index >= 15 is 0 Å². The van der Waals surface area contributed by atoms with E-state index in [1.165, 1.54) is 218 Å². The highest BCUT2D eigenvalue weighted by Gasteiger charge is 2.30. The average Bonchev–Trinajstić information content (AvgIpc) is 1.05. The van der Waals surface area contributed by atoms with E-state index in [-0.39, 0.29) is 25.7 Å². The molecule has 3 unspecified atom stereocenters. The number of carbonyl (C=O) groups excluding carboxylic acids is 4. The number of hydrogen-bond donors (Lipinski definition) is 3. The van der Waals surface area contributed by atoms with Gasteiger partial charge in [0.15, 0.2) is 12.2 Å². The van der Waals surface area contributed by atoms with Gasteiger partial charge in [-0.15, -0.1) is 0 Å². The molecular formula is C79H154O17P2. The van der Waals surface area contributed by atoms with Crippen LogP contribution in [0.3, 0.4) is 0 Å². The molecule has 0 saturated heterocycles. The summed E-state index contributed by atoms with van der Waals surface area (Å²) >= 11 is 0. The van der Waals surface area contributed by atoms with Crippen molar-refractivity contribution in [2.75, 3.05) is 39.6 Å². The summed E-state index contributed by atoms with van der Waals surface area (Å²) < 4.78 is 68.7. The molecule has 3 N–H and O–H groups in total. The smallest absolute Gasteiger partial charge is 0.462 e. The van der Waals surface area contributed by atoms with E-state index in [0.717, 1.165) is 108 Å². The van der Waals surface area contributed by atoms with Crippen LogP contribution in [0.5, 0.6) is 0 Å². The fourth-order valence-electron chi connectivity index (χ4n) is 12.1. The quantitative estimate of drug-likeness (QED) is 0.0222. The second-order valence-electron chi connectivity index (χ2n) is 29.6. The lowest BCUT2D eigenvalue weighted by molar-refractivity contribution is -0.161. The van der Waals surface area contributed by atoms with Gasteiger partial charge in [0, 0.05) is 25.7 Å². The van der Waals surface area contributed by atoms with E-state index in [2.05, 4.69) is 48.5 Å². The van der Waals surface area contributed by atoms with Gasteiger partial charge in [0.1, 0.15) is 19.3 Å². The van der Waals surface area contributed by atoms with Crippen molar-refractivity contribution in [3.8, 4) is 0 Å². The Morgan fingerprint density at radius 2 is 0.520 bits per heavy atom. The highest BCUT2D eigenvalue weighted by molar-refractivity contribution is 7.47. The molecule has 0 amide bonds. The Bertz CT molecular complexity index is 1910. The van der Waals surface area contributed by atoms with Crippen molar-refractivity contribution in [1.82, 2.24) is 0 Å². The van der Waals surface area contributed by atoms with Gasteiger partial charge >= 0.3 is 39.5 Å². The van der Waals surface area contributed by atoms with Crippen molar-refractivity contribution in [2.24, 2.45) is 17.8 Å². The van der Waals surface area contributed by atoms with Crippen molar-refractivity contribution < 1.29 is 80.2 Å². The van der Waals surface area contributed by atoms with Crippen LogP contribution in [-0.4, -0.2) is 96.7 Å². The van der Waals surface area contributed by atoms with Gasteiger partial charge in [0.05, 0.1) is 26.4 Å². The van der Waals surface area contributed by atoms with Crippen LogP contribution in [0.15, 0.2) is 0 Å². The lowest BCUT2D eigenvalue weighted by atomic mass is 9.99. The fourth-order valence-corrected chi connectivity index (χ4v) is 13.7. The summed E-state index contributed by atoms with van der Waals surface area (Å²) in [6.07, 6.45) is 56.7. The standard InChI is InChI=1S/C79H154O17P2/c1-8-10-11-12-13-14-15-16-18-22-25-31-39-46-53-60-76(81)89-66-74(95-78(83)62-55-48-41-32-26-23-20-17-19-21-24-29-36-43-50-57-70(3)4)68-93-97(85,86)91-64-73(80)65-92-98(87,88)94-69-75(67-90-77(82)61-54-47-40-35-34-38-45-52-59-72(7)9-2)96-79(84)63-56-49-42-33-28-27-30-37-44-51-58-71(5)6/h70-75,80H,8-69H2,1-7H3,(H,85,86)(H,87,88)/t72?,73-,74-,75-/m1/s1. The topological polar surface area (TPSA) is 237 Å². The third-order valence-corrected chi connectivity index (χ3v) is 20.6. The molecule has 0 aromatic heterocycles. The predicted molar refractivity (Wildman–Crippen MR) is 400 cm³/mol. The van der Waals surface area contributed by atoms with Crippen LogP contribution in [0.2, 0.25) is 0 Å². The maximum Gasteiger partial charge on any atom is 0.472 e. The molecule has 0 rings (SSSR count). The Hall–Kier alpha value is -1.94. The minimum absolute atomic E-state index is 0.105. The maximum absolute atomic E-state index is 13.1. The number of phosphoric acid groups is 2. The molecule has 0 heterocycles. The molecule has 6 atom stereocenters. The van der Waals surface area contributed by atoms with Crippen LogP contribution in [0.1, 0.15) is 408 Å². The van der Waals surface area contributed by atoms with Crippen LogP contribution >= 0.6 is 15.6 Å². The minimum atomic E-state index is -4.96. The Labute approximate surface area is 600 Å². The summed E-state index contributed by atoms with van der Waals surface area (Å²) in [6, 6.07) is 0. The third kappa shape index (κ3) is 71.1. The summed E-state index contributed by atoms with van der Waals surface area (Å²) in [6.45, 7) is 11.9. The molecule has 98 heavy (non-hydrogen) atoms. The van der Waals surface area contributed by atoms with E-state index in [1.54, 1.807) is 0 Å². The molecule has 0 aromatic rings. The van der Waals surface area contributed by atoms with Gasteiger partial charge in [-0.1, -0.05) is 357 Å². The zero-order chi connectivity index (χ0) is 72.3. The molecule has 0 aliphatic heterocycles. The molecule has 0 fully saturated rings.